The maximum Gasteiger partial charge on any atom is 0.193 e. The van der Waals surface area contributed by atoms with Crippen molar-refractivity contribution in [2.45, 2.75) is 13.0 Å². The lowest BCUT2D eigenvalue weighted by atomic mass is 10.0. The van der Waals surface area contributed by atoms with Crippen LogP contribution in [0.2, 0.25) is 5.22 Å². The fourth-order valence-electron chi connectivity index (χ4n) is 1.82. The average Bonchev–Trinajstić information content (AvgIpc) is 2.77. The van der Waals surface area contributed by atoms with Gasteiger partial charge in [0.1, 0.15) is 5.76 Å². The quantitative estimate of drug-likeness (QED) is 0.918. The van der Waals surface area contributed by atoms with Crippen molar-refractivity contribution in [3.05, 3.63) is 58.0 Å². The molecule has 0 amide bonds. The molecule has 0 radical (unpaired) electrons. The highest BCUT2D eigenvalue weighted by atomic mass is 35.5. The Hall–Kier alpha value is -1.39. The van der Waals surface area contributed by atoms with E-state index in [1.807, 2.05) is 0 Å². The Kier molecular flexibility index (Phi) is 3.68. The van der Waals surface area contributed by atoms with E-state index in [2.05, 4.69) is 5.32 Å². The van der Waals surface area contributed by atoms with Crippen molar-refractivity contribution >= 4 is 11.6 Å². The van der Waals surface area contributed by atoms with Gasteiger partial charge in [0.2, 0.25) is 0 Å². The predicted octanol–water partition coefficient (Wildman–Crippen LogP) is 3.83. The van der Waals surface area contributed by atoms with Gasteiger partial charge in [-0.15, -0.1) is 0 Å². The van der Waals surface area contributed by atoms with Crippen molar-refractivity contribution in [1.29, 1.82) is 0 Å². The molecular formula is C13H12ClF2NO. The Morgan fingerprint density at radius 2 is 1.89 bits per heavy atom. The van der Waals surface area contributed by atoms with Gasteiger partial charge in [-0.05, 0) is 43.3 Å². The van der Waals surface area contributed by atoms with E-state index in [4.69, 9.17) is 16.0 Å². The molecule has 1 aromatic carbocycles. The molecule has 0 saturated heterocycles. The molecule has 1 atom stereocenters. The Labute approximate surface area is 109 Å². The lowest BCUT2D eigenvalue weighted by Gasteiger charge is -2.15. The van der Waals surface area contributed by atoms with Gasteiger partial charge in [0.15, 0.2) is 16.9 Å². The molecule has 1 N–H and O–H groups in total. The molecule has 0 spiro atoms. The summed E-state index contributed by atoms with van der Waals surface area (Å²) in [6.45, 7) is 1.51. The average molecular weight is 272 g/mol. The predicted molar refractivity (Wildman–Crippen MR) is 65.7 cm³/mol. The van der Waals surface area contributed by atoms with E-state index in [-0.39, 0.29) is 16.3 Å². The Morgan fingerprint density at radius 1 is 1.17 bits per heavy atom. The standard InChI is InChI=1S/C13H12ClF2NO/c1-7-3-4-8(12(16)11(7)15)13(17-2)9-5-6-10(14)18-9/h3-6,13,17H,1-2H3. The number of hydrogen-bond donors (Lipinski definition) is 1. The van der Waals surface area contributed by atoms with Gasteiger partial charge in [0.25, 0.3) is 0 Å². The van der Waals surface area contributed by atoms with E-state index in [1.54, 1.807) is 19.2 Å². The van der Waals surface area contributed by atoms with E-state index in [0.29, 0.717) is 5.76 Å². The van der Waals surface area contributed by atoms with E-state index in [0.717, 1.165) is 0 Å². The molecule has 5 heteroatoms. The highest BCUT2D eigenvalue weighted by Gasteiger charge is 2.22. The van der Waals surface area contributed by atoms with Gasteiger partial charge in [-0.1, -0.05) is 12.1 Å². The molecule has 0 fully saturated rings. The number of nitrogens with one attached hydrogen (secondary N) is 1. The van der Waals surface area contributed by atoms with Crippen LogP contribution in [0.5, 0.6) is 0 Å². The zero-order chi connectivity index (χ0) is 13.3. The van der Waals surface area contributed by atoms with Crippen molar-refractivity contribution < 1.29 is 13.2 Å². The smallest absolute Gasteiger partial charge is 0.193 e. The normalized spacial score (nSPS) is 12.7. The van der Waals surface area contributed by atoms with E-state index in [1.165, 1.54) is 19.1 Å². The van der Waals surface area contributed by atoms with E-state index >= 15 is 0 Å². The highest BCUT2D eigenvalue weighted by molar-refractivity contribution is 6.28. The lowest BCUT2D eigenvalue weighted by molar-refractivity contribution is 0.439. The van der Waals surface area contributed by atoms with Crippen molar-refractivity contribution in [1.82, 2.24) is 5.32 Å². The summed E-state index contributed by atoms with van der Waals surface area (Å²) in [5.74, 6) is -1.28. The summed E-state index contributed by atoms with van der Waals surface area (Å²) in [5.41, 5.74) is 0.454. The maximum atomic E-state index is 13.9. The van der Waals surface area contributed by atoms with Crippen molar-refractivity contribution in [3.63, 3.8) is 0 Å². The molecule has 2 nitrogen and oxygen atoms in total. The fourth-order valence-corrected chi connectivity index (χ4v) is 1.97. The van der Waals surface area contributed by atoms with Crippen LogP contribution >= 0.6 is 11.6 Å². The van der Waals surface area contributed by atoms with Gasteiger partial charge < -0.3 is 9.73 Å². The number of benzene rings is 1. The van der Waals surface area contributed by atoms with Crippen molar-refractivity contribution in [3.8, 4) is 0 Å². The van der Waals surface area contributed by atoms with E-state index < -0.39 is 17.7 Å². The minimum Gasteiger partial charge on any atom is -0.448 e. The first-order valence-electron chi connectivity index (χ1n) is 5.41. The van der Waals surface area contributed by atoms with Gasteiger partial charge in [0.05, 0.1) is 6.04 Å². The van der Waals surface area contributed by atoms with Crippen LogP contribution in [0.4, 0.5) is 8.78 Å². The molecule has 2 rings (SSSR count). The van der Waals surface area contributed by atoms with Crippen LogP contribution in [0, 0.1) is 18.6 Å². The number of rotatable bonds is 3. The van der Waals surface area contributed by atoms with Gasteiger partial charge in [0, 0.05) is 5.56 Å². The Morgan fingerprint density at radius 3 is 2.44 bits per heavy atom. The van der Waals surface area contributed by atoms with Gasteiger partial charge in [-0.3, -0.25) is 0 Å². The fraction of sp³-hybridized carbons (Fsp3) is 0.231. The first-order valence-corrected chi connectivity index (χ1v) is 5.79. The molecule has 0 saturated carbocycles. The summed E-state index contributed by atoms with van der Waals surface area (Å²) in [6, 6.07) is 5.67. The van der Waals surface area contributed by atoms with Gasteiger partial charge >= 0.3 is 0 Å². The summed E-state index contributed by atoms with van der Waals surface area (Å²) >= 11 is 5.68. The second-order valence-corrected chi connectivity index (χ2v) is 4.34. The third kappa shape index (κ3) is 2.26. The number of furan rings is 1. The van der Waals surface area contributed by atoms with Gasteiger partial charge in [-0.2, -0.15) is 0 Å². The minimum absolute atomic E-state index is 0.187. The highest BCUT2D eigenvalue weighted by Crippen LogP contribution is 2.29. The molecule has 0 bridgehead atoms. The third-order valence-electron chi connectivity index (χ3n) is 2.78. The van der Waals surface area contributed by atoms with Crippen LogP contribution in [0.15, 0.2) is 28.7 Å². The zero-order valence-corrected chi connectivity index (χ0v) is 10.7. The Bertz CT molecular complexity index is 568. The van der Waals surface area contributed by atoms with Crippen molar-refractivity contribution in [2.24, 2.45) is 0 Å². The third-order valence-corrected chi connectivity index (χ3v) is 2.99. The minimum atomic E-state index is -0.873. The van der Waals surface area contributed by atoms with Crippen LogP contribution in [0.3, 0.4) is 0 Å². The summed E-state index contributed by atoms with van der Waals surface area (Å²) in [7, 11) is 1.64. The first kappa shape index (κ1) is 13.1. The van der Waals surface area contributed by atoms with Crippen LogP contribution in [0.1, 0.15) is 22.9 Å². The summed E-state index contributed by atoms with van der Waals surface area (Å²) < 4.78 is 32.7. The largest absolute Gasteiger partial charge is 0.448 e. The Balaban J connectivity index is 2.49. The molecule has 1 aromatic heterocycles. The maximum absolute atomic E-state index is 13.9. The number of halogens is 3. The van der Waals surface area contributed by atoms with Crippen molar-refractivity contribution in [2.75, 3.05) is 7.05 Å². The molecule has 0 aliphatic heterocycles. The number of aryl methyl sites for hydroxylation is 1. The van der Waals surface area contributed by atoms with Crippen LogP contribution in [-0.4, -0.2) is 7.05 Å². The lowest BCUT2D eigenvalue weighted by Crippen LogP contribution is -2.19. The topological polar surface area (TPSA) is 25.2 Å². The molecule has 96 valence electrons. The summed E-state index contributed by atoms with van der Waals surface area (Å²) in [5, 5.41) is 3.08. The van der Waals surface area contributed by atoms with Gasteiger partial charge in [-0.25, -0.2) is 8.78 Å². The first-order chi connectivity index (χ1) is 8.54. The molecular weight excluding hydrogens is 260 g/mol. The van der Waals surface area contributed by atoms with Crippen LogP contribution in [-0.2, 0) is 0 Å². The summed E-state index contributed by atoms with van der Waals surface area (Å²) in [6.07, 6.45) is 0. The number of hydrogen-bond acceptors (Lipinski definition) is 2. The molecule has 18 heavy (non-hydrogen) atoms. The molecule has 1 unspecified atom stereocenters. The zero-order valence-electron chi connectivity index (χ0n) is 9.93. The SMILES string of the molecule is CNC(c1ccc(Cl)o1)c1ccc(C)c(F)c1F. The molecule has 1 heterocycles. The molecule has 0 aliphatic carbocycles. The van der Waals surface area contributed by atoms with E-state index in [9.17, 15) is 8.78 Å². The van der Waals surface area contributed by atoms with Crippen LogP contribution in [0.25, 0.3) is 0 Å². The second kappa shape index (κ2) is 5.08. The monoisotopic (exact) mass is 271 g/mol. The molecule has 0 aliphatic rings. The van der Waals surface area contributed by atoms with Crippen LogP contribution < -0.4 is 5.32 Å². The molecule has 2 aromatic rings. The summed E-state index contributed by atoms with van der Waals surface area (Å²) in [4.78, 5) is 0. The second-order valence-electron chi connectivity index (χ2n) is 3.96.